The maximum absolute atomic E-state index is 12.0. The molecule has 18 heavy (non-hydrogen) atoms. The first-order chi connectivity index (χ1) is 8.53. The Morgan fingerprint density at radius 1 is 1.39 bits per heavy atom. The molecule has 2 aromatic heterocycles. The number of anilines is 1. The average molecular weight is 300 g/mol. The Morgan fingerprint density at radius 2 is 2.17 bits per heavy atom. The first-order valence-electron chi connectivity index (χ1n) is 4.65. The van der Waals surface area contributed by atoms with Gasteiger partial charge in [-0.1, -0.05) is 11.6 Å². The topological polar surface area (TPSA) is 82.8 Å². The van der Waals surface area contributed by atoms with Gasteiger partial charge in [0.1, 0.15) is 15.2 Å². The molecule has 0 spiro atoms. The highest BCUT2D eigenvalue weighted by molar-refractivity contribution is 7.94. The molecule has 1 N–H and O–H groups in total. The summed E-state index contributed by atoms with van der Waals surface area (Å²) in [6, 6.07) is 6.18. The van der Waals surface area contributed by atoms with Gasteiger partial charge in [0.25, 0.3) is 10.0 Å². The Balaban J connectivity index is 2.34. The van der Waals surface area contributed by atoms with Crippen molar-refractivity contribution in [3.8, 4) is 6.07 Å². The molecule has 0 radical (unpaired) electrons. The normalized spacial score (nSPS) is 10.9. The van der Waals surface area contributed by atoms with E-state index in [-0.39, 0.29) is 14.9 Å². The van der Waals surface area contributed by atoms with Gasteiger partial charge in [-0.25, -0.2) is 8.42 Å². The van der Waals surface area contributed by atoms with Gasteiger partial charge in [-0.3, -0.25) is 9.71 Å². The third-order valence-corrected chi connectivity index (χ3v) is 5.15. The molecule has 0 saturated heterocycles. The van der Waals surface area contributed by atoms with Crippen molar-refractivity contribution in [2.75, 3.05) is 4.72 Å². The van der Waals surface area contributed by atoms with Crippen LogP contribution >= 0.6 is 22.9 Å². The van der Waals surface area contributed by atoms with Crippen LogP contribution < -0.4 is 4.72 Å². The third kappa shape index (κ3) is 2.61. The first kappa shape index (κ1) is 12.8. The van der Waals surface area contributed by atoms with Crippen molar-refractivity contribution in [1.82, 2.24) is 4.98 Å². The zero-order valence-corrected chi connectivity index (χ0v) is 11.2. The van der Waals surface area contributed by atoms with E-state index in [2.05, 4.69) is 9.71 Å². The fourth-order valence-corrected chi connectivity index (χ4v) is 3.55. The van der Waals surface area contributed by atoms with E-state index in [1.807, 2.05) is 6.07 Å². The van der Waals surface area contributed by atoms with Crippen LogP contribution in [-0.2, 0) is 10.0 Å². The molecule has 0 saturated carbocycles. The highest BCUT2D eigenvalue weighted by Crippen LogP contribution is 2.26. The quantitative estimate of drug-likeness (QED) is 0.943. The number of nitrogens with zero attached hydrogens (tertiary/aromatic N) is 2. The van der Waals surface area contributed by atoms with Crippen LogP contribution in [-0.4, -0.2) is 13.4 Å². The van der Waals surface area contributed by atoms with Gasteiger partial charge in [0.2, 0.25) is 0 Å². The van der Waals surface area contributed by atoms with Gasteiger partial charge in [0, 0.05) is 6.20 Å². The summed E-state index contributed by atoms with van der Waals surface area (Å²) >= 11 is 6.72. The maximum Gasteiger partial charge on any atom is 0.271 e. The molecule has 92 valence electrons. The highest BCUT2D eigenvalue weighted by atomic mass is 35.5. The molecule has 0 bridgehead atoms. The van der Waals surface area contributed by atoms with Crippen LogP contribution in [0.5, 0.6) is 0 Å². The number of hydrogen-bond donors (Lipinski definition) is 1. The highest BCUT2D eigenvalue weighted by Gasteiger charge is 2.18. The average Bonchev–Trinajstić information content (AvgIpc) is 2.81. The smallest absolute Gasteiger partial charge is 0.271 e. The van der Waals surface area contributed by atoms with Gasteiger partial charge in [-0.2, -0.15) is 5.26 Å². The van der Waals surface area contributed by atoms with Crippen molar-refractivity contribution in [2.24, 2.45) is 0 Å². The first-order valence-corrected chi connectivity index (χ1v) is 7.33. The van der Waals surface area contributed by atoms with E-state index in [4.69, 9.17) is 16.9 Å². The number of pyridine rings is 1. The van der Waals surface area contributed by atoms with Gasteiger partial charge in [-0.15, -0.1) is 11.3 Å². The fourth-order valence-electron chi connectivity index (χ4n) is 1.17. The molecule has 0 fully saturated rings. The predicted octanol–water partition coefficient (Wildman–Crippen LogP) is 2.47. The Kier molecular flexibility index (Phi) is 3.52. The van der Waals surface area contributed by atoms with Crippen molar-refractivity contribution < 1.29 is 8.42 Å². The molecule has 0 aliphatic carbocycles. The number of nitrogens with one attached hydrogen (secondary N) is 1. The van der Waals surface area contributed by atoms with E-state index in [9.17, 15) is 8.42 Å². The summed E-state index contributed by atoms with van der Waals surface area (Å²) in [5, 5.41) is 8.92. The zero-order chi connectivity index (χ0) is 13.2. The van der Waals surface area contributed by atoms with Crippen LogP contribution in [0.25, 0.3) is 0 Å². The van der Waals surface area contributed by atoms with Gasteiger partial charge in [-0.05, 0) is 18.2 Å². The Hall–Kier alpha value is -1.62. The molecule has 2 rings (SSSR count). The molecule has 0 amide bonds. The van der Waals surface area contributed by atoms with E-state index < -0.39 is 10.0 Å². The Morgan fingerprint density at radius 3 is 2.78 bits per heavy atom. The second-order valence-electron chi connectivity index (χ2n) is 3.19. The van der Waals surface area contributed by atoms with Crippen molar-refractivity contribution in [1.29, 1.82) is 5.26 Å². The van der Waals surface area contributed by atoms with Crippen molar-refractivity contribution in [2.45, 2.75) is 4.21 Å². The molecular formula is C10H6ClN3O2S2. The molecule has 0 atom stereocenters. The summed E-state index contributed by atoms with van der Waals surface area (Å²) in [5.74, 6) is 0. The lowest BCUT2D eigenvalue weighted by atomic mass is 10.4. The predicted molar refractivity (Wildman–Crippen MR) is 69.1 cm³/mol. The lowest BCUT2D eigenvalue weighted by Gasteiger charge is -2.06. The minimum atomic E-state index is -3.73. The van der Waals surface area contributed by atoms with Gasteiger partial charge >= 0.3 is 0 Å². The fraction of sp³-hybridized carbons (Fsp3) is 0. The van der Waals surface area contributed by atoms with E-state index in [1.54, 1.807) is 0 Å². The molecule has 2 heterocycles. The largest absolute Gasteiger partial charge is 0.276 e. The molecule has 8 heteroatoms. The summed E-state index contributed by atoms with van der Waals surface area (Å²) in [4.78, 5) is 4.11. The molecule has 0 unspecified atom stereocenters. The summed E-state index contributed by atoms with van der Waals surface area (Å²) in [7, 11) is -3.73. The molecule has 0 aliphatic heterocycles. The Bertz CT molecular complexity index is 719. The second-order valence-corrected chi connectivity index (χ2v) is 6.59. The van der Waals surface area contributed by atoms with E-state index >= 15 is 0 Å². The number of aromatic nitrogens is 1. The van der Waals surface area contributed by atoms with Gasteiger partial charge in [0.15, 0.2) is 0 Å². The van der Waals surface area contributed by atoms with E-state index in [0.29, 0.717) is 4.88 Å². The third-order valence-electron chi connectivity index (χ3n) is 1.97. The SMILES string of the molecule is N#Cc1ccc(S(=O)(=O)Nc2cnccc2Cl)s1. The van der Waals surface area contributed by atoms with Gasteiger partial charge in [0.05, 0.1) is 16.9 Å². The monoisotopic (exact) mass is 299 g/mol. The molecule has 2 aromatic rings. The number of hydrogen-bond acceptors (Lipinski definition) is 5. The van der Waals surface area contributed by atoms with Crippen LogP contribution in [0.3, 0.4) is 0 Å². The van der Waals surface area contributed by atoms with Gasteiger partial charge < -0.3 is 0 Å². The number of thiophene rings is 1. The minimum Gasteiger partial charge on any atom is -0.276 e. The summed E-state index contributed by atoms with van der Waals surface area (Å²) < 4.78 is 26.3. The van der Waals surface area contributed by atoms with Crippen LogP contribution in [0, 0.1) is 11.3 Å². The number of nitriles is 1. The second kappa shape index (κ2) is 4.94. The van der Waals surface area contributed by atoms with Crippen LogP contribution in [0.2, 0.25) is 5.02 Å². The van der Waals surface area contributed by atoms with Crippen LogP contribution in [0.4, 0.5) is 5.69 Å². The number of sulfonamides is 1. The molecule has 0 aromatic carbocycles. The Labute approximate surface area is 113 Å². The molecular weight excluding hydrogens is 294 g/mol. The maximum atomic E-state index is 12.0. The van der Waals surface area contributed by atoms with Crippen LogP contribution in [0.1, 0.15) is 4.88 Å². The lowest BCUT2D eigenvalue weighted by Crippen LogP contribution is -2.11. The summed E-state index contributed by atoms with van der Waals surface area (Å²) in [6.07, 6.45) is 2.78. The standard InChI is InChI=1S/C10H6ClN3O2S2/c11-8-3-4-13-6-9(8)14-18(15,16)10-2-1-7(5-12)17-10/h1-4,6,14H. The van der Waals surface area contributed by atoms with E-state index in [0.717, 1.165) is 11.3 Å². The van der Waals surface area contributed by atoms with Crippen molar-refractivity contribution in [3.63, 3.8) is 0 Å². The number of halogens is 1. The van der Waals surface area contributed by atoms with Crippen LogP contribution in [0.15, 0.2) is 34.8 Å². The van der Waals surface area contributed by atoms with Crippen molar-refractivity contribution in [3.05, 3.63) is 40.5 Å². The molecule has 0 aliphatic rings. The van der Waals surface area contributed by atoms with E-state index in [1.165, 1.54) is 30.6 Å². The summed E-state index contributed by atoms with van der Waals surface area (Å²) in [6.45, 7) is 0. The minimum absolute atomic E-state index is 0.0546. The zero-order valence-electron chi connectivity index (χ0n) is 8.79. The van der Waals surface area contributed by atoms with Crippen molar-refractivity contribution >= 4 is 38.6 Å². The number of rotatable bonds is 3. The summed E-state index contributed by atoms with van der Waals surface area (Å²) in [5.41, 5.74) is 0.200. The lowest BCUT2D eigenvalue weighted by molar-refractivity contribution is 0.603. The molecule has 5 nitrogen and oxygen atoms in total.